The van der Waals surface area contributed by atoms with Gasteiger partial charge in [0.15, 0.2) is 0 Å². The average Bonchev–Trinajstić information content (AvgIpc) is 2.34. The highest BCUT2D eigenvalue weighted by molar-refractivity contribution is 5.82. The minimum atomic E-state index is -4.53. The summed E-state index contributed by atoms with van der Waals surface area (Å²) >= 11 is 0. The quantitative estimate of drug-likeness (QED) is 0.679. The Labute approximate surface area is 107 Å². The first-order chi connectivity index (χ1) is 8.70. The Morgan fingerprint density at radius 1 is 1.32 bits per heavy atom. The number of ether oxygens (including phenoxy) is 1. The van der Waals surface area contributed by atoms with Gasteiger partial charge in [0.1, 0.15) is 11.4 Å². The lowest BCUT2D eigenvalue weighted by Crippen LogP contribution is -2.51. The van der Waals surface area contributed by atoms with Crippen molar-refractivity contribution in [3.8, 4) is 0 Å². The van der Waals surface area contributed by atoms with Crippen molar-refractivity contribution in [2.45, 2.75) is 18.6 Å². The highest BCUT2D eigenvalue weighted by Gasteiger charge is 2.41. The summed E-state index contributed by atoms with van der Waals surface area (Å²) in [6.07, 6.45) is -4.53. The van der Waals surface area contributed by atoms with E-state index in [1.807, 2.05) is 5.32 Å². The summed E-state index contributed by atoms with van der Waals surface area (Å²) in [5, 5.41) is 2.00. The molecule has 19 heavy (non-hydrogen) atoms. The maximum atomic E-state index is 13.7. The van der Waals surface area contributed by atoms with Crippen LogP contribution in [0, 0.1) is 5.82 Å². The topological polar surface area (TPSA) is 38.3 Å². The minimum absolute atomic E-state index is 0.203. The van der Waals surface area contributed by atoms with Gasteiger partial charge < -0.3 is 4.74 Å². The van der Waals surface area contributed by atoms with Gasteiger partial charge in [0, 0.05) is 5.56 Å². The number of carbonyl (C=O) groups is 1. The van der Waals surface area contributed by atoms with E-state index in [4.69, 9.17) is 0 Å². The van der Waals surface area contributed by atoms with Crippen molar-refractivity contribution in [3.05, 3.63) is 35.6 Å². The molecule has 7 heteroatoms. The second kappa shape index (κ2) is 5.56. The van der Waals surface area contributed by atoms with Crippen LogP contribution in [0.3, 0.4) is 0 Å². The molecule has 1 aromatic carbocycles. The Morgan fingerprint density at radius 2 is 1.89 bits per heavy atom. The van der Waals surface area contributed by atoms with Crippen LogP contribution in [-0.4, -0.2) is 25.8 Å². The van der Waals surface area contributed by atoms with E-state index in [0.29, 0.717) is 0 Å². The summed E-state index contributed by atoms with van der Waals surface area (Å²) in [6, 6.07) is 5.09. The number of nitrogens with one attached hydrogen (secondary N) is 1. The van der Waals surface area contributed by atoms with Crippen LogP contribution in [0.2, 0.25) is 0 Å². The van der Waals surface area contributed by atoms with E-state index in [9.17, 15) is 22.4 Å². The number of methoxy groups -OCH3 is 1. The van der Waals surface area contributed by atoms with E-state index in [0.717, 1.165) is 20.1 Å². The Balaban J connectivity index is 3.14. The molecule has 1 rings (SSSR count). The molecule has 0 amide bonds. The van der Waals surface area contributed by atoms with Crippen molar-refractivity contribution in [1.29, 1.82) is 0 Å². The zero-order valence-corrected chi connectivity index (χ0v) is 10.3. The van der Waals surface area contributed by atoms with Gasteiger partial charge in [0.05, 0.1) is 13.7 Å². The molecule has 0 heterocycles. The lowest BCUT2D eigenvalue weighted by molar-refractivity contribution is -0.153. The average molecular weight is 279 g/mol. The molecule has 106 valence electrons. The Morgan fingerprint density at radius 3 is 2.37 bits per heavy atom. The third-order valence-electron chi connectivity index (χ3n) is 2.65. The van der Waals surface area contributed by atoms with Crippen molar-refractivity contribution >= 4 is 5.97 Å². The first-order valence-electron chi connectivity index (χ1n) is 5.36. The number of benzene rings is 1. The Kier molecular flexibility index (Phi) is 4.52. The molecule has 0 radical (unpaired) electrons. The second-order valence-corrected chi connectivity index (χ2v) is 4.07. The summed E-state index contributed by atoms with van der Waals surface area (Å²) in [5.74, 6) is -1.79. The molecule has 1 unspecified atom stereocenters. The standard InChI is InChI=1S/C12H13F4NO2/c1-11(10(18)19-2,17-7-12(14,15)16)8-5-3-4-6-9(8)13/h3-6,17H,7H2,1-2H3. The third kappa shape index (κ3) is 3.66. The van der Waals surface area contributed by atoms with Crippen molar-refractivity contribution in [2.24, 2.45) is 0 Å². The summed E-state index contributed by atoms with van der Waals surface area (Å²) in [7, 11) is 1.02. The molecule has 1 N–H and O–H groups in total. The number of alkyl halides is 3. The molecular weight excluding hydrogens is 266 g/mol. The van der Waals surface area contributed by atoms with Crippen LogP contribution < -0.4 is 5.32 Å². The van der Waals surface area contributed by atoms with E-state index < -0.39 is 30.0 Å². The molecule has 0 aliphatic heterocycles. The fourth-order valence-corrected chi connectivity index (χ4v) is 1.63. The molecule has 0 saturated carbocycles. The van der Waals surface area contributed by atoms with E-state index in [2.05, 4.69) is 4.74 Å². The summed E-state index contributed by atoms with van der Waals surface area (Å²) in [6.45, 7) is -0.296. The third-order valence-corrected chi connectivity index (χ3v) is 2.65. The van der Waals surface area contributed by atoms with E-state index in [-0.39, 0.29) is 5.56 Å². The molecular formula is C12H13F4NO2. The molecule has 0 aliphatic carbocycles. The van der Waals surface area contributed by atoms with Gasteiger partial charge >= 0.3 is 12.1 Å². The Hall–Kier alpha value is -1.63. The lowest BCUT2D eigenvalue weighted by atomic mass is 9.91. The van der Waals surface area contributed by atoms with E-state index >= 15 is 0 Å². The number of carbonyl (C=O) groups excluding carboxylic acids is 1. The maximum absolute atomic E-state index is 13.7. The molecule has 0 bridgehead atoms. The van der Waals surface area contributed by atoms with Crippen molar-refractivity contribution < 1.29 is 27.1 Å². The van der Waals surface area contributed by atoms with E-state index in [1.165, 1.54) is 18.2 Å². The molecule has 3 nitrogen and oxygen atoms in total. The van der Waals surface area contributed by atoms with Gasteiger partial charge in [-0.25, -0.2) is 9.18 Å². The maximum Gasteiger partial charge on any atom is 0.401 e. The minimum Gasteiger partial charge on any atom is -0.467 e. The van der Waals surface area contributed by atoms with Crippen LogP contribution in [0.15, 0.2) is 24.3 Å². The van der Waals surface area contributed by atoms with Crippen LogP contribution >= 0.6 is 0 Å². The van der Waals surface area contributed by atoms with Crippen LogP contribution in [-0.2, 0) is 15.1 Å². The smallest absolute Gasteiger partial charge is 0.401 e. The highest BCUT2D eigenvalue weighted by atomic mass is 19.4. The molecule has 0 saturated heterocycles. The molecule has 0 aliphatic rings. The zero-order valence-electron chi connectivity index (χ0n) is 10.3. The lowest BCUT2D eigenvalue weighted by Gasteiger charge is -2.29. The van der Waals surface area contributed by atoms with Crippen molar-refractivity contribution in [3.63, 3.8) is 0 Å². The van der Waals surface area contributed by atoms with Gasteiger partial charge in [-0.15, -0.1) is 0 Å². The molecule has 1 atom stereocenters. The normalized spacial score (nSPS) is 14.8. The van der Waals surface area contributed by atoms with Gasteiger partial charge in [0.25, 0.3) is 0 Å². The largest absolute Gasteiger partial charge is 0.467 e. The molecule has 0 aromatic heterocycles. The summed E-state index contributed by atoms with van der Waals surface area (Å²) in [4.78, 5) is 11.7. The van der Waals surface area contributed by atoms with E-state index in [1.54, 1.807) is 0 Å². The number of halogens is 4. The molecule has 0 fully saturated rings. The number of hydrogen-bond donors (Lipinski definition) is 1. The fraction of sp³-hybridized carbons (Fsp3) is 0.417. The molecule has 1 aromatic rings. The summed E-state index contributed by atoms with van der Waals surface area (Å²) in [5.41, 5.74) is -2.11. The van der Waals surface area contributed by atoms with Crippen LogP contribution in [0.4, 0.5) is 17.6 Å². The predicted octanol–water partition coefficient (Wildman–Crippen LogP) is 2.37. The number of rotatable bonds is 4. The SMILES string of the molecule is COC(=O)C(C)(NCC(F)(F)F)c1ccccc1F. The number of esters is 1. The van der Waals surface area contributed by atoms with Crippen LogP contribution in [0.1, 0.15) is 12.5 Å². The Bertz CT molecular complexity index is 461. The van der Waals surface area contributed by atoms with Gasteiger partial charge in [0.2, 0.25) is 0 Å². The number of hydrogen-bond acceptors (Lipinski definition) is 3. The van der Waals surface area contributed by atoms with Crippen molar-refractivity contribution in [1.82, 2.24) is 5.32 Å². The first-order valence-corrected chi connectivity index (χ1v) is 5.36. The first kappa shape index (κ1) is 15.4. The molecule has 0 spiro atoms. The fourth-order valence-electron chi connectivity index (χ4n) is 1.63. The van der Waals surface area contributed by atoms with Gasteiger partial charge in [-0.3, -0.25) is 5.32 Å². The van der Waals surface area contributed by atoms with Crippen LogP contribution in [0.25, 0.3) is 0 Å². The highest BCUT2D eigenvalue weighted by Crippen LogP contribution is 2.26. The van der Waals surface area contributed by atoms with Crippen molar-refractivity contribution in [2.75, 3.05) is 13.7 Å². The zero-order chi connectivity index (χ0) is 14.7. The monoisotopic (exact) mass is 279 g/mol. The predicted molar refractivity (Wildman–Crippen MR) is 59.8 cm³/mol. The van der Waals surface area contributed by atoms with Gasteiger partial charge in [-0.2, -0.15) is 13.2 Å². The van der Waals surface area contributed by atoms with Gasteiger partial charge in [-0.05, 0) is 13.0 Å². The van der Waals surface area contributed by atoms with Crippen LogP contribution in [0.5, 0.6) is 0 Å². The second-order valence-electron chi connectivity index (χ2n) is 4.07. The summed E-state index contributed by atoms with van der Waals surface area (Å²) < 4.78 is 54.9. The van der Waals surface area contributed by atoms with Gasteiger partial charge in [-0.1, -0.05) is 18.2 Å².